The summed E-state index contributed by atoms with van der Waals surface area (Å²) in [4.78, 5) is 11.3. The SMILES string of the molecule is CC(C)=CCCC1(C=O)CCC=CC1I. The van der Waals surface area contributed by atoms with Gasteiger partial charge in [-0.2, -0.15) is 0 Å². The van der Waals surface area contributed by atoms with E-state index in [4.69, 9.17) is 0 Å². The van der Waals surface area contributed by atoms with Gasteiger partial charge in [0.2, 0.25) is 0 Å². The fraction of sp³-hybridized carbons (Fsp3) is 0.615. The summed E-state index contributed by atoms with van der Waals surface area (Å²) in [6.07, 6.45) is 11.9. The zero-order valence-corrected chi connectivity index (χ0v) is 11.7. The number of hydrogen-bond donors (Lipinski definition) is 0. The van der Waals surface area contributed by atoms with Gasteiger partial charge in [-0.25, -0.2) is 0 Å². The minimum atomic E-state index is -0.110. The van der Waals surface area contributed by atoms with Crippen LogP contribution >= 0.6 is 22.6 Å². The molecule has 0 saturated carbocycles. The second-order valence-corrected chi connectivity index (χ2v) is 5.88. The number of carbonyl (C=O) groups is 1. The summed E-state index contributed by atoms with van der Waals surface area (Å²) in [5, 5.41) is 0. The summed E-state index contributed by atoms with van der Waals surface area (Å²) in [6, 6.07) is 0. The molecular formula is C13H19IO. The van der Waals surface area contributed by atoms with E-state index < -0.39 is 0 Å². The third-order valence-electron chi connectivity index (χ3n) is 3.03. The van der Waals surface area contributed by atoms with Gasteiger partial charge in [-0.05, 0) is 39.5 Å². The van der Waals surface area contributed by atoms with E-state index in [0.717, 1.165) is 25.7 Å². The van der Waals surface area contributed by atoms with Crippen LogP contribution in [0, 0.1) is 5.41 Å². The molecule has 15 heavy (non-hydrogen) atoms. The van der Waals surface area contributed by atoms with Crippen LogP contribution in [0.1, 0.15) is 39.5 Å². The molecule has 0 N–H and O–H groups in total. The summed E-state index contributed by atoms with van der Waals surface area (Å²) >= 11 is 2.39. The molecule has 1 nitrogen and oxygen atoms in total. The highest BCUT2D eigenvalue weighted by Crippen LogP contribution is 2.40. The quantitative estimate of drug-likeness (QED) is 0.330. The molecule has 2 atom stereocenters. The predicted octanol–water partition coefficient (Wildman–Crippen LogP) is 4.07. The van der Waals surface area contributed by atoms with E-state index in [0.29, 0.717) is 3.92 Å². The van der Waals surface area contributed by atoms with Crippen molar-refractivity contribution < 1.29 is 4.79 Å². The van der Waals surface area contributed by atoms with Crippen LogP contribution in [0.15, 0.2) is 23.8 Å². The van der Waals surface area contributed by atoms with Crippen LogP contribution in [0.3, 0.4) is 0 Å². The molecule has 0 aliphatic heterocycles. The van der Waals surface area contributed by atoms with Crippen LogP contribution in [0.2, 0.25) is 0 Å². The van der Waals surface area contributed by atoms with Gasteiger partial charge in [0.05, 0.1) is 0 Å². The highest BCUT2D eigenvalue weighted by molar-refractivity contribution is 14.1. The predicted molar refractivity (Wildman–Crippen MR) is 73.3 cm³/mol. The molecule has 1 rings (SSSR count). The molecule has 0 aromatic heterocycles. The smallest absolute Gasteiger partial charge is 0.127 e. The first-order valence-electron chi connectivity index (χ1n) is 5.51. The van der Waals surface area contributed by atoms with Crippen molar-refractivity contribution in [1.82, 2.24) is 0 Å². The van der Waals surface area contributed by atoms with Crippen molar-refractivity contribution in [2.24, 2.45) is 5.41 Å². The standard InChI is InChI=1S/C13H19IO/c1-11(2)6-5-9-13(10-15)8-4-3-7-12(13)14/h3,6-7,10,12H,4-5,8-9H2,1-2H3. The molecule has 1 aliphatic rings. The summed E-state index contributed by atoms with van der Waals surface area (Å²) in [5.74, 6) is 0. The zero-order valence-electron chi connectivity index (χ0n) is 9.50. The second kappa shape index (κ2) is 5.83. The summed E-state index contributed by atoms with van der Waals surface area (Å²) in [5.41, 5.74) is 1.23. The number of hydrogen-bond acceptors (Lipinski definition) is 1. The van der Waals surface area contributed by atoms with E-state index in [1.807, 2.05) is 0 Å². The molecule has 0 aromatic carbocycles. The van der Waals surface area contributed by atoms with Crippen LogP contribution in [0.5, 0.6) is 0 Å². The summed E-state index contributed by atoms with van der Waals surface area (Å²) in [7, 11) is 0. The number of alkyl halides is 1. The molecule has 0 amide bonds. The first-order valence-corrected chi connectivity index (χ1v) is 6.76. The Morgan fingerprint density at radius 2 is 2.33 bits per heavy atom. The Hall–Kier alpha value is -0.120. The Labute approximate surface area is 106 Å². The first kappa shape index (κ1) is 12.9. The van der Waals surface area contributed by atoms with Crippen molar-refractivity contribution in [3.05, 3.63) is 23.8 Å². The monoisotopic (exact) mass is 318 g/mol. The van der Waals surface area contributed by atoms with Gasteiger partial charge in [-0.3, -0.25) is 0 Å². The van der Waals surface area contributed by atoms with Gasteiger partial charge in [0.25, 0.3) is 0 Å². The van der Waals surface area contributed by atoms with E-state index in [1.165, 1.54) is 11.9 Å². The third kappa shape index (κ3) is 3.44. The largest absolute Gasteiger partial charge is 0.303 e. The lowest BCUT2D eigenvalue weighted by atomic mass is 9.75. The fourth-order valence-electron chi connectivity index (χ4n) is 1.97. The molecule has 84 valence electrons. The van der Waals surface area contributed by atoms with Crippen molar-refractivity contribution in [2.75, 3.05) is 0 Å². The normalized spacial score (nSPS) is 29.9. The lowest BCUT2D eigenvalue weighted by Crippen LogP contribution is -2.33. The average Bonchev–Trinajstić information content (AvgIpc) is 2.21. The topological polar surface area (TPSA) is 17.1 Å². The molecule has 2 heteroatoms. The van der Waals surface area contributed by atoms with Crippen molar-refractivity contribution in [1.29, 1.82) is 0 Å². The third-order valence-corrected chi connectivity index (χ3v) is 4.68. The lowest BCUT2D eigenvalue weighted by Gasteiger charge is -2.33. The Kier molecular flexibility index (Phi) is 5.03. The molecule has 1 aliphatic carbocycles. The Balaban J connectivity index is 2.64. The summed E-state index contributed by atoms with van der Waals surface area (Å²) < 4.78 is 0.368. The number of aldehydes is 1. The Bertz CT molecular complexity index is 276. The Morgan fingerprint density at radius 1 is 1.60 bits per heavy atom. The maximum atomic E-state index is 11.3. The summed E-state index contributed by atoms with van der Waals surface area (Å²) in [6.45, 7) is 4.21. The van der Waals surface area contributed by atoms with E-state index in [1.54, 1.807) is 0 Å². The van der Waals surface area contributed by atoms with Gasteiger partial charge in [0.15, 0.2) is 0 Å². The maximum Gasteiger partial charge on any atom is 0.127 e. The van der Waals surface area contributed by atoms with Gasteiger partial charge in [-0.1, -0.05) is 46.4 Å². The highest BCUT2D eigenvalue weighted by Gasteiger charge is 2.36. The van der Waals surface area contributed by atoms with Crippen LogP contribution in [0.25, 0.3) is 0 Å². The van der Waals surface area contributed by atoms with Crippen molar-refractivity contribution >= 4 is 28.9 Å². The van der Waals surface area contributed by atoms with Gasteiger partial charge in [-0.15, -0.1) is 0 Å². The minimum Gasteiger partial charge on any atom is -0.303 e. The van der Waals surface area contributed by atoms with E-state index in [9.17, 15) is 4.79 Å². The average molecular weight is 318 g/mol. The maximum absolute atomic E-state index is 11.3. The number of halogens is 1. The molecule has 0 radical (unpaired) electrons. The van der Waals surface area contributed by atoms with Gasteiger partial charge in [0, 0.05) is 9.34 Å². The molecule has 0 saturated heterocycles. The first-order chi connectivity index (χ1) is 7.10. The number of rotatable bonds is 4. The van der Waals surface area contributed by atoms with Crippen LogP contribution in [0.4, 0.5) is 0 Å². The molecule has 0 fully saturated rings. The molecule has 0 heterocycles. The zero-order chi connectivity index (χ0) is 11.3. The molecule has 0 bridgehead atoms. The minimum absolute atomic E-state index is 0.110. The van der Waals surface area contributed by atoms with E-state index in [-0.39, 0.29) is 5.41 Å². The highest BCUT2D eigenvalue weighted by atomic mass is 127. The van der Waals surface area contributed by atoms with Crippen molar-refractivity contribution in [2.45, 2.75) is 43.5 Å². The molecule has 0 aromatic rings. The Morgan fingerprint density at radius 3 is 2.87 bits per heavy atom. The van der Waals surface area contributed by atoms with E-state index in [2.05, 4.69) is 54.7 Å². The molecule has 0 spiro atoms. The van der Waals surface area contributed by atoms with Crippen molar-refractivity contribution in [3.63, 3.8) is 0 Å². The van der Waals surface area contributed by atoms with Gasteiger partial charge < -0.3 is 4.79 Å². The van der Waals surface area contributed by atoms with E-state index >= 15 is 0 Å². The second-order valence-electron chi connectivity index (χ2n) is 4.54. The van der Waals surface area contributed by atoms with Crippen LogP contribution in [-0.2, 0) is 4.79 Å². The number of carbonyl (C=O) groups excluding carboxylic acids is 1. The van der Waals surface area contributed by atoms with Crippen LogP contribution < -0.4 is 0 Å². The lowest BCUT2D eigenvalue weighted by molar-refractivity contribution is -0.116. The van der Waals surface area contributed by atoms with Gasteiger partial charge >= 0.3 is 0 Å². The van der Waals surface area contributed by atoms with Gasteiger partial charge in [0.1, 0.15) is 6.29 Å². The number of allylic oxidation sites excluding steroid dienone is 4. The molecule has 2 unspecified atom stereocenters. The van der Waals surface area contributed by atoms with Crippen LogP contribution in [-0.4, -0.2) is 10.2 Å². The van der Waals surface area contributed by atoms with Crippen molar-refractivity contribution in [3.8, 4) is 0 Å². The fourth-order valence-corrected chi connectivity index (χ4v) is 3.04. The molecular weight excluding hydrogens is 299 g/mol.